The van der Waals surface area contributed by atoms with E-state index in [2.05, 4.69) is 0 Å². The highest BCUT2D eigenvalue weighted by atomic mass is 32.2. The summed E-state index contributed by atoms with van der Waals surface area (Å²) in [4.78, 5) is 14.3. The van der Waals surface area contributed by atoms with Crippen LogP contribution >= 0.6 is 24.0 Å². The van der Waals surface area contributed by atoms with Crippen molar-refractivity contribution >= 4 is 46.0 Å². The van der Waals surface area contributed by atoms with Crippen molar-refractivity contribution < 1.29 is 14.3 Å². The Balaban J connectivity index is 1.91. The van der Waals surface area contributed by atoms with Crippen LogP contribution in [0.25, 0.3) is 6.08 Å². The number of nitrogens with zero attached hydrogens (tertiary/aromatic N) is 1. The van der Waals surface area contributed by atoms with Crippen LogP contribution in [0.5, 0.6) is 5.75 Å². The highest BCUT2D eigenvalue weighted by molar-refractivity contribution is 8.27. The van der Waals surface area contributed by atoms with E-state index in [9.17, 15) is 14.3 Å². The second-order valence-electron chi connectivity index (χ2n) is 4.59. The molecule has 1 heterocycles. The molecule has 1 saturated heterocycles. The number of amides is 1. The van der Waals surface area contributed by atoms with Gasteiger partial charge in [-0.25, -0.2) is 4.39 Å². The van der Waals surface area contributed by atoms with Gasteiger partial charge in [0, 0.05) is 0 Å². The van der Waals surface area contributed by atoms with Gasteiger partial charge < -0.3 is 5.11 Å². The maximum Gasteiger partial charge on any atom is 0.270 e. The number of rotatable bonds is 2. The topological polar surface area (TPSA) is 40.5 Å². The Morgan fingerprint density at radius 3 is 2.36 bits per heavy atom. The lowest BCUT2D eigenvalue weighted by molar-refractivity contribution is -0.113. The molecule has 6 heteroatoms. The van der Waals surface area contributed by atoms with Crippen molar-refractivity contribution in [3.63, 3.8) is 0 Å². The van der Waals surface area contributed by atoms with Crippen LogP contribution in [0.4, 0.5) is 10.1 Å². The van der Waals surface area contributed by atoms with Crippen LogP contribution < -0.4 is 4.90 Å². The Bertz CT molecular complexity index is 770. The van der Waals surface area contributed by atoms with E-state index in [1.165, 1.54) is 40.9 Å². The Morgan fingerprint density at radius 2 is 1.73 bits per heavy atom. The summed E-state index contributed by atoms with van der Waals surface area (Å²) in [7, 11) is 0. The van der Waals surface area contributed by atoms with E-state index in [4.69, 9.17) is 12.2 Å². The molecule has 0 unspecified atom stereocenters. The molecule has 2 aromatic carbocycles. The number of thioether (sulfide) groups is 1. The zero-order chi connectivity index (χ0) is 15.7. The van der Waals surface area contributed by atoms with Crippen LogP contribution in [-0.2, 0) is 4.79 Å². The molecule has 0 aromatic heterocycles. The van der Waals surface area contributed by atoms with E-state index >= 15 is 0 Å². The van der Waals surface area contributed by atoms with Crippen molar-refractivity contribution in [2.75, 3.05) is 4.90 Å². The lowest BCUT2D eigenvalue weighted by Gasteiger charge is -2.14. The smallest absolute Gasteiger partial charge is 0.270 e. The first-order valence-corrected chi connectivity index (χ1v) is 7.59. The van der Waals surface area contributed by atoms with E-state index < -0.39 is 0 Å². The molecule has 2 aromatic rings. The fourth-order valence-corrected chi connectivity index (χ4v) is 3.30. The van der Waals surface area contributed by atoms with Crippen molar-refractivity contribution in [1.29, 1.82) is 0 Å². The number of aromatic hydroxyl groups is 1. The average molecular weight is 331 g/mol. The third-order valence-electron chi connectivity index (χ3n) is 3.07. The summed E-state index contributed by atoms with van der Waals surface area (Å²) in [5, 5.41) is 9.27. The maximum absolute atomic E-state index is 13.0. The van der Waals surface area contributed by atoms with E-state index in [1.807, 2.05) is 0 Å². The number of phenolic OH excluding ortho intramolecular Hbond substituents is 1. The van der Waals surface area contributed by atoms with Gasteiger partial charge in [0.15, 0.2) is 4.32 Å². The molecule has 1 fully saturated rings. The van der Waals surface area contributed by atoms with Crippen LogP contribution in [0.15, 0.2) is 53.4 Å². The van der Waals surface area contributed by atoms with Crippen molar-refractivity contribution in [2.24, 2.45) is 0 Å². The van der Waals surface area contributed by atoms with Gasteiger partial charge in [-0.15, -0.1) is 0 Å². The SMILES string of the molecule is O=C1/C(=C\c2ccc(O)cc2)SC(=S)N1c1ccc(F)cc1. The Morgan fingerprint density at radius 1 is 1.09 bits per heavy atom. The van der Waals surface area contributed by atoms with E-state index in [1.54, 1.807) is 30.3 Å². The summed E-state index contributed by atoms with van der Waals surface area (Å²) in [6.07, 6.45) is 1.71. The van der Waals surface area contributed by atoms with Crippen LogP contribution in [0.2, 0.25) is 0 Å². The van der Waals surface area contributed by atoms with E-state index in [0.717, 1.165) is 5.56 Å². The number of thiocarbonyl (C=S) groups is 1. The predicted octanol–water partition coefficient (Wildman–Crippen LogP) is 3.94. The van der Waals surface area contributed by atoms with Gasteiger partial charge in [-0.3, -0.25) is 9.69 Å². The summed E-state index contributed by atoms with van der Waals surface area (Å²) in [6.45, 7) is 0. The number of hydrogen-bond acceptors (Lipinski definition) is 4. The standard InChI is InChI=1S/C16H10FNO2S2/c17-11-3-5-12(6-4-11)18-15(20)14(22-16(18)21)9-10-1-7-13(19)8-2-10/h1-9,19H/b14-9+. The predicted molar refractivity (Wildman–Crippen MR) is 90.2 cm³/mol. The van der Waals surface area contributed by atoms with Crippen molar-refractivity contribution in [3.8, 4) is 5.75 Å². The molecule has 22 heavy (non-hydrogen) atoms. The van der Waals surface area contributed by atoms with Gasteiger partial charge in [0.25, 0.3) is 5.91 Å². The van der Waals surface area contributed by atoms with Gasteiger partial charge >= 0.3 is 0 Å². The monoisotopic (exact) mass is 331 g/mol. The Kier molecular flexibility index (Phi) is 3.96. The zero-order valence-corrected chi connectivity index (χ0v) is 12.8. The molecule has 1 aliphatic heterocycles. The van der Waals surface area contributed by atoms with Crippen molar-refractivity contribution in [2.45, 2.75) is 0 Å². The molecule has 0 atom stereocenters. The van der Waals surface area contributed by atoms with Gasteiger partial charge in [-0.2, -0.15) is 0 Å². The minimum absolute atomic E-state index is 0.163. The molecular weight excluding hydrogens is 321 g/mol. The second kappa shape index (κ2) is 5.90. The van der Waals surface area contributed by atoms with E-state index in [0.29, 0.717) is 14.9 Å². The molecule has 110 valence electrons. The lowest BCUT2D eigenvalue weighted by atomic mass is 10.2. The number of anilines is 1. The molecule has 1 N–H and O–H groups in total. The summed E-state index contributed by atoms with van der Waals surface area (Å²) >= 11 is 6.43. The van der Waals surface area contributed by atoms with Gasteiger partial charge in [0.1, 0.15) is 11.6 Å². The second-order valence-corrected chi connectivity index (χ2v) is 6.26. The highest BCUT2D eigenvalue weighted by Gasteiger charge is 2.33. The van der Waals surface area contributed by atoms with Gasteiger partial charge in [0.2, 0.25) is 0 Å². The van der Waals surface area contributed by atoms with Gasteiger partial charge in [-0.05, 0) is 48.0 Å². The molecule has 3 nitrogen and oxygen atoms in total. The quantitative estimate of drug-likeness (QED) is 0.668. The number of phenols is 1. The fraction of sp³-hybridized carbons (Fsp3) is 0. The zero-order valence-electron chi connectivity index (χ0n) is 11.2. The minimum atomic E-state index is -0.367. The normalized spacial score (nSPS) is 16.6. The number of hydrogen-bond donors (Lipinski definition) is 1. The molecule has 3 rings (SSSR count). The summed E-state index contributed by atoms with van der Waals surface area (Å²) in [6, 6.07) is 12.1. The van der Waals surface area contributed by atoms with E-state index in [-0.39, 0.29) is 17.5 Å². The van der Waals surface area contributed by atoms with Crippen molar-refractivity contribution in [3.05, 3.63) is 64.8 Å². The van der Waals surface area contributed by atoms with Crippen LogP contribution in [0.1, 0.15) is 5.56 Å². The Hall–Kier alpha value is -2.18. The van der Waals surface area contributed by atoms with Crippen LogP contribution in [-0.4, -0.2) is 15.3 Å². The summed E-state index contributed by atoms with van der Waals surface area (Å²) in [5.41, 5.74) is 1.33. The molecule has 0 saturated carbocycles. The Labute approximate surface area is 136 Å². The third-order valence-corrected chi connectivity index (χ3v) is 4.37. The van der Waals surface area contributed by atoms with Crippen LogP contribution in [0, 0.1) is 5.82 Å². The first kappa shape index (κ1) is 14.7. The average Bonchev–Trinajstić information content (AvgIpc) is 2.77. The van der Waals surface area contributed by atoms with Crippen molar-refractivity contribution in [1.82, 2.24) is 0 Å². The summed E-state index contributed by atoms with van der Waals surface area (Å²) in [5.74, 6) is -0.445. The maximum atomic E-state index is 13.0. The number of carbonyl (C=O) groups is 1. The third kappa shape index (κ3) is 2.88. The molecule has 0 spiro atoms. The molecule has 1 aliphatic rings. The fourth-order valence-electron chi connectivity index (χ4n) is 2.00. The highest BCUT2D eigenvalue weighted by Crippen LogP contribution is 2.36. The largest absolute Gasteiger partial charge is 0.508 e. The van der Waals surface area contributed by atoms with Gasteiger partial charge in [0.05, 0.1) is 10.6 Å². The molecule has 1 amide bonds. The first-order valence-electron chi connectivity index (χ1n) is 6.37. The molecular formula is C16H10FNO2S2. The summed E-state index contributed by atoms with van der Waals surface area (Å²) < 4.78 is 13.4. The molecule has 0 bridgehead atoms. The number of halogens is 1. The van der Waals surface area contributed by atoms with Gasteiger partial charge in [-0.1, -0.05) is 36.1 Å². The van der Waals surface area contributed by atoms with Crippen LogP contribution in [0.3, 0.4) is 0 Å². The first-order chi connectivity index (χ1) is 10.5. The number of carbonyl (C=O) groups excluding carboxylic acids is 1. The lowest BCUT2D eigenvalue weighted by Crippen LogP contribution is -2.27. The molecule has 0 radical (unpaired) electrons. The minimum Gasteiger partial charge on any atom is -0.508 e. The number of benzene rings is 2. The molecule has 0 aliphatic carbocycles.